The summed E-state index contributed by atoms with van der Waals surface area (Å²) in [4.78, 5) is 16.3. The Morgan fingerprint density at radius 3 is 2.22 bits per heavy atom. The molecule has 1 amide bonds. The van der Waals surface area contributed by atoms with Gasteiger partial charge in [-0.15, -0.1) is 0 Å². The number of carbonyl (C=O) groups is 1. The molecule has 9 heteroatoms. The lowest BCUT2D eigenvalue weighted by molar-refractivity contribution is -0.137. The first kappa shape index (κ1) is 26.2. The number of rotatable bonds is 2. The molecular weight excluding hydrogens is 471 g/mol. The van der Waals surface area contributed by atoms with Crippen LogP contribution in [0.15, 0.2) is 42.5 Å². The lowest BCUT2D eigenvalue weighted by atomic mass is 9.84. The number of halogens is 3. The Balaban J connectivity index is 0.000000145. The van der Waals surface area contributed by atoms with E-state index in [9.17, 15) is 23.1 Å². The fourth-order valence-corrected chi connectivity index (χ4v) is 4.32. The highest BCUT2D eigenvalue weighted by molar-refractivity contribution is 5.86. The minimum atomic E-state index is -0.640. The Kier molecular flexibility index (Phi) is 9.01. The van der Waals surface area contributed by atoms with Crippen molar-refractivity contribution in [1.29, 1.82) is 0 Å². The molecule has 6 rings (SSSR count). The van der Waals surface area contributed by atoms with Gasteiger partial charge in [0.2, 0.25) is 5.91 Å². The second-order valence-corrected chi connectivity index (χ2v) is 9.26. The Morgan fingerprint density at radius 2 is 1.69 bits per heavy atom. The third-order valence-corrected chi connectivity index (χ3v) is 6.58. The maximum atomic E-state index is 13.5. The van der Waals surface area contributed by atoms with Crippen LogP contribution in [0.1, 0.15) is 25.7 Å². The summed E-state index contributed by atoms with van der Waals surface area (Å²) in [7, 11) is 0. The van der Waals surface area contributed by atoms with Crippen LogP contribution in [0.25, 0.3) is 22.2 Å². The Labute approximate surface area is 208 Å². The van der Waals surface area contributed by atoms with E-state index in [-0.39, 0.29) is 29.3 Å². The minimum absolute atomic E-state index is 0.246. The number of fused-ring (bicyclic) bond motifs is 1. The van der Waals surface area contributed by atoms with Crippen LogP contribution in [0, 0.1) is 23.4 Å². The number of amides is 1. The molecule has 3 heterocycles. The average Bonchev–Trinajstić information content (AvgIpc) is 3.47. The van der Waals surface area contributed by atoms with Crippen molar-refractivity contribution >= 4 is 16.8 Å². The molecule has 2 saturated heterocycles. The number of hydrogen-bond acceptors (Lipinski definition) is 4. The van der Waals surface area contributed by atoms with Crippen molar-refractivity contribution in [1.82, 2.24) is 15.2 Å². The Hall–Kier alpha value is -2.88. The van der Waals surface area contributed by atoms with E-state index in [1.54, 1.807) is 18.2 Å². The van der Waals surface area contributed by atoms with Crippen LogP contribution in [0.2, 0.25) is 0 Å². The monoisotopic (exact) mass is 503 g/mol. The van der Waals surface area contributed by atoms with Gasteiger partial charge in [-0.3, -0.25) is 4.79 Å². The van der Waals surface area contributed by atoms with Gasteiger partial charge in [-0.2, -0.15) is 0 Å². The number of morpholine rings is 1. The number of aliphatic hydroxyl groups is 1. The third-order valence-electron chi connectivity index (χ3n) is 6.58. The zero-order valence-electron chi connectivity index (χ0n) is 20.1. The number of carbonyl (C=O) groups excluding carboxylic acids is 1. The number of β-amino-alcohol motifs (C(OH)–C–C–N with tert-alkyl or cyclic N) is 1. The molecule has 0 spiro atoms. The largest absolute Gasteiger partial charge is 0.391 e. The average molecular weight is 504 g/mol. The summed E-state index contributed by atoms with van der Waals surface area (Å²) in [5.41, 5.74) is 1.58. The number of likely N-dealkylation sites (tertiary alicyclic amines) is 1. The summed E-state index contributed by atoms with van der Waals surface area (Å²) in [6, 6.07) is 9.50. The SMILES string of the molecule is C1COCCN1.Fc1ccc(-c2cc3cc(F)cc(F)c3[nH]2)cc1.O=C(C1CCC1)N1CCC(O)C1. The molecule has 36 heavy (non-hydrogen) atoms. The first-order valence-electron chi connectivity index (χ1n) is 12.4. The van der Waals surface area contributed by atoms with Crippen molar-refractivity contribution in [2.24, 2.45) is 5.92 Å². The van der Waals surface area contributed by atoms with Crippen LogP contribution in [0.4, 0.5) is 13.2 Å². The summed E-state index contributed by atoms with van der Waals surface area (Å²) in [5.74, 6) is -1.04. The highest BCUT2D eigenvalue weighted by Gasteiger charge is 2.32. The van der Waals surface area contributed by atoms with E-state index in [0.717, 1.165) is 58.2 Å². The molecule has 1 aliphatic carbocycles. The van der Waals surface area contributed by atoms with Crippen molar-refractivity contribution in [2.75, 3.05) is 39.4 Å². The van der Waals surface area contributed by atoms with Crippen molar-refractivity contribution in [3.8, 4) is 11.3 Å². The van der Waals surface area contributed by atoms with Crippen LogP contribution in [-0.2, 0) is 9.53 Å². The molecule has 3 fully saturated rings. The maximum Gasteiger partial charge on any atom is 0.225 e. The van der Waals surface area contributed by atoms with E-state index in [4.69, 9.17) is 4.74 Å². The molecule has 194 valence electrons. The lowest BCUT2D eigenvalue weighted by Crippen LogP contribution is -2.37. The molecular formula is C27H32F3N3O3. The molecule has 3 N–H and O–H groups in total. The predicted molar refractivity (Wildman–Crippen MR) is 132 cm³/mol. The molecule has 6 nitrogen and oxygen atoms in total. The molecule has 1 aromatic heterocycles. The zero-order valence-corrected chi connectivity index (χ0v) is 20.1. The summed E-state index contributed by atoms with van der Waals surface area (Å²) in [5, 5.41) is 12.8. The van der Waals surface area contributed by atoms with Crippen molar-refractivity contribution in [2.45, 2.75) is 31.8 Å². The molecule has 2 aliphatic heterocycles. The van der Waals surface area contributed by atoms with E-state index in [1.807, 2.05) is 4.90 Å². The standard InChI is InChI=1S/C14H8F3N.C9H15NO2.C4H9NO/c15-10-3-1-8(2-4-10)13-6-9-5-11(16)7-12(17)14(9)18-13;11-8-4-5-10(6-8)9(12)7-2-1-3-7;1-3-6-4-2-5-1/h1-7,18H;7-8,11H,1-6H2;5H,1-4H2. The van der Waals surface area contributed by atoms with Gasteiger partial charge in [0.1, 0.15) is 17.5 Å². The number of benzene rings is 2. The number of ether oxygens (including phenoxy) is 1. The highest BCUT2D eigenvalue weighted by Crippen LogP contribution is 2.29. The van der Waals surface area contributed by atoms with Crippen LogP contribution in [0.3, 0.4) is 0 Å². The number of nitrogens with one attached hydrogen (secondary N) is 2. The molecule has 0 radical (unpaired) electrons. The van der Waals surface area contributed by atoms with Gasteiger partial charge in [0, 0.05) is 49.2 Å². The van der Waals surface area contributed by atoms with E-state index in [2.05, 4.69) is 10.3 Å². The number of nitrogens with zero attached hydrogens (tertiary/aromatic N) is 1. The van der Waals surface area contributed by atoms with Crippen LogP contribution >= 0.6 is 0 Å². The van der Waals surface area contributed by atoms with E-state index >= 15 is 0 Å². The summed E-state index contributed by atoms with van der Waals surface area (Å²) < 4.78 is 44.4. The topological polar surface area (TPSA) is 77.6 Å². The summed E-state index contributed by atoms with van der Waals surface area (Å²) in [6.07, 6.45) is 3.82. The second-order valence-electron chi connectivity index (χ2n) is 9.26. The van der Waals surface area contributed by atoms with Gasteiger partial charge in [-0.05, 0) is 61.2 Å². The van der Waals surface area contributed by atoms with Crippen LogP contribution < -0.4 is 5.32 Å². The van der Waals surface area contributed by atoms with Gasteiger partial charge in [0.25, 0.3) is 0 Å². The quantitative estimate of drug-likeness (QED) is 0.489. The minimum Gasteiger partial charge on any atom is -0.391 e. The number of hydrogen-bond donors (Lipinski definition) is 3. The van der Waals surface area contributed by atoms with Crippen molar-refractivity contribution < 1.29 is 27.8 Å². The fraction of sp³-hybridized carbons (Fsp3) is 0.444. The Bertz CT molecular complexity index is 1130. The fourth-order valence-electron chi connectivity index (χ4n) is 4.32. The zero-order chi connectivity index (χ0) is 25.5. The van der Waals surface area contributed by atoms with Crippen LogP contribution in [-0.4, -0.2) is 66.4 Å². The smallest absolute Gasteiger partial charge is 0.225 e. The number of aromatic nitrogens is 1. The van der Waals surface area contributed by atoms with Crippen molar-refractivity contribution in [3.63, 3.8) is 0 Å². The predicted octanol–water partition coefficient (Wildman–Crippen LogP) is 4.24. The van der Waals surface area contributed by atoms with Gasteiger partial charge in [-0.25, -0.2) is 13.2 Å². The molecule has 3 aliphatic rings. The van der Waals surface area contributed by atoms with Gasteiger partial charge in [-0.1, -0.05) is 6.42 Å². The van der Waals surface area contributed by atoms with E-state index < -0.39 is 11.6 Å². The maximum absolute atomic E-state index is 13.5. The van der Waals surface area contributed by atoms with Crippen LogP contribution in [0.5, 0.6) is 0 Å². The van der Waals surface area contributed by atoms with Gasteiger partial charge in [0.15, 0.2) is 0 Å². The third kappa shape index (κ3) is 6.87. The first-order chi connectivity index (χ1) is 17.4. The second kappa shape index (κ2) is 12.4. The number of aliphatic hydroxyl groups excluding tert-OH is 1. The Morgan fingerprint density at radius 1 is 0.972 bits per heavy atom. The molecule has 1 atom stereocenters. The summed E-state index contributed by atoms with van der Waals surface area (Å²) >= 11 is 0. The first-order valence-corrected chi connectivity index (χ1v) is 12.4. The molecule has 1 unspecified atom stereocenters. The lowest BCUT2D eigenvalue weighted by Gasteiger charge is -2.28. The van der Waals surface area contributed by atoms with Gasteiger partial charge in [0.05, 0.1) is 24.8 Å². The normalized spacial score (nSPS) is 19.7. The van der Waals surface area contributed by atoms with Gasteiger partial charge < -0.3 is 25.0 Å². The van der Waals surface area contributed by atoms with Crippen molar-refractivity contribution in [3.05, 3.63) is 59.9 Å². The molecule has 0 bridgehead atoms. The number of aromatic amines is 1. The summed E-state index contributed by atoms with van der Waals surface area (Å²) in [6.45, 7) is 5.16. The van der Waals surface area contributed by atoms with Gasteiger partial charge >= 0.3 is 0 Å². The molecule has 2 aromatic carbocycles. The van der Waals surface area contributed by atoms with E-state index in [0.29, 0.717) is 23.2 Å². The number of H-pyrrole nitrogens is 1. The highest BCUT2D eigenvalue weighted by atomic mass is 19.1. The van der Waals surface area contributed by atoms with E-state index in [1.165, 1.54) is 24.6 Å². The molecule has 3 aromatic rings. The molecule has 1 saturated carbocycles.